The van der Waals surface area contributed by atoms with Gasteiger partial charge in [0.2, 0.25) is 10.0 Å². The highest BCUT2D eigenvalue weighted by atomic mass is 32.2. The second-order valence-corrected chi connectivity index (χ2v) is 9.14. The van der Waals surface area contributed by atoms with E-state index in [1.165, 1.54) is 26.2 Å². The summed E-state index contributed by atoms with van der Waals surface area (Å²) in [5, 5.41) is 3.07. The third kappa shape index (κ3) is 4.55. The van der Waals surface area contributed by atoms with Gasteiger partial charge in [-0.15, -0.1) is 0 Å². The lowest BCUT2D eigenvalue weighted by atomic mass is 9.94. The largest absolute Gasteiger partial charge is 0.341 e. The zero-order chi connectivity index (χ0) is 21.0. The van der Waals surface area contributed by atoms with Crippen LogP contribution < -0.4 is 5.32 Å². The van der Waals surface area contributed by atoms with Crippen LogP contribution in [-0.4, -0.2) is 32.7 Å². The van der Waals surface area contributed by atoms with E-state index in [2.05, 4.69) is 5.32 Å². The summed E-state index contributed by atoms with van der Waals surface area (Å²) in [6, 6.07) is 23.3. The van der Waals surface area contributed by atoms with E-state index in [0.717, 1.165) is 21.0 Å². The maximum Gasteiger partial charge on any atom is 0.252 e. The number of carbonyl (C=O) groups excluding carboxylic acids is 1. The average molecular weight is 409 g/mol. The second-order valence-electron chi connectivity index (χ2n) is 6.99. The summed E-state index contributed by atoms with van der Waals surface area (Å²) in [5.41, 5.74) is 3.30. The summed E-state index contributed by atoms with van der Waals surface area (Å²) in [4.78, 5) is 13.1. The van der Waals surface area contributed by atoms with Gasteiger partial charge in [0.1, 0.15) is 0 Å². The molecule has 0 spiro atoms. The molecule has 6 heteroatoms. The van der Waals surface area contributed by atoms with Crippen molar-refractivity contribution in [1.82, 2.24) is 9.62 Å². The first-order chi connectivity index (χ1) is 13.8. The number of nitrogens with zero attached hydrogens (tertiary/aromatic N) is 1. The van der Waals surface area contributed by atoms with Crippen LogP contribution in [0.3, 0.4) is 0 Å². The first kappa shape index (κ1) is 20.8. The quantitative estimate of drug-likeness (QED) is 0.675. The van der Waals surface area contributed by atoms with Crippen LogP contribution in [0.2, 0.25) is 0 Å². The molecule has 3 aromatic rings. The zero-order valence-corrected chi connectivity index (χ0v) is 17.5. The molecule has 0 radical (unpaired) electrons. The summed E-state index contributed by atoms with van der Waals surface area (Å²) >= 11 is 0. The zero-order valence-electron chi connectivity index (χ0n) is 16.7. The minimum absolute atomic E-state index is 0.0855. The van der Waals surface area contributed by atoms with Crippen molar-refractivity contribution in [3.63, 3.8) is 0 Å². The number of amides is 1. The lowest BCUT2D eigenvalue weighted by Crippen LogP contribution is -2.30. The Kier molecular flexibility index (Phi) is 6.15. The minimum atomic E-state index is -3.62. The van der Waals surface area contributed by atoms with E-state index >= 15 is 0 Å². The van der Waals surface area contributed by atoms with Crippen molar-refractivity contribution in [1.29, 1.82) is 0 Å². The summed E-state index contributed by atoms with van der Waals surface area (Å²) < 4.78 is 26.0. The van der Waals surface area contributed by atoms with Gasteiger partial charge in [-0.3, -0.25) is 4.79 Å². The molecular weight excluding hydrogens is 384 g/mol. The molecule has 3 rings (SSSR count). The molecule has 5 nitrogen and oxygen atoms in total. The Morgan fingerprint density at radius 1 is 0.897 bits per heavy atom. The van der Waals surface area contributed by atoms with Crippen LogP contribution in [0.25, 0.3) is 0 Å². The predicted octanol–water partition coefficient (Wildman–Crippen LogP) is 3.76. The molecule has 3 aromatic carbocycles. The molecule has 1 atom stereocenters. The van der Waals surface area contributed by atoms with Gasteiger partial charge in [0, 0.05) is 19.7 Å². The fourth-order valence-corrected chi connectivity index (χ4v) is 4.07. The third-order valence-electron chi connectivity index (χ3n) is 4.78. The van der Waals surface area contributed by atoms with Crippen molar-refractivity contribution in [2.45, 2.75) is 17.9 Å². The molecule has 0 heterocycles. The second kappa shape index (κ2) is 8.59. The first-order valence-corrected chi connectivity index (χ1v) is 10.7. The molecule has 0 aliphatic carbocycles. The Hall–Kier alpha value is -2.96. The van der Waals surface area contributed by atoms with Gasteiger partial charge in [-0.2, -0.15) is 0 Å². The lowest BCUT2D eigenvalue weighted by Gasteiger charge is -2.22. The van der Waals surface area contributed by atoms with Gasteiger partial charge in [-0.25, -0.2) is 12.7 Å². The topological polar surface area (TPSA) is 66.5 Å². The van der Waals surface area contributed by atoms with E-state index in [0.29, 0.717) is 5.56 Å². The standard InChI is InChI=1S/C23H24N2O3S/c1-17-10-7-8-15-21(17)22(18-11-5-4-6-12-18)24-23(26)19-13-9-14-20(16-19)29(27,28)25(2)3/h4-16,22H,1-3H3,(H,24,26). The molecule has 0 aromatic heterocycles. The highest BCUT2D eigenvalue weighted by Gasteiger charge is 2.22. The maximum absolute atomic E-state index is 13.0. The third-order valence-corrected chi connectivity index (χ3v) is 6.59. The summed E-state index contributed by atoms with van der Waals surface area (Å²) in [7, 11) is -0.691. The molecule has 0 bridgehead atoms. The van der Waals surface area contributed by atoms with Gasteiger partial charge in [0.05, 0.1) is 10.9 Å². The molecule has 0 aliphatic heterocycles. The van der Waals surface area contributed by atoms with Crippen molar-refractivity contribution in [2.75, 3.05) is 14.1 Å². The van der Waals surface area contributed by atoms with Crippen LogP contribution in [0.15, 0.2) is 83.8 Å². The van der Waals surface area contributed by atoms with Crippen LogP contribution in [0.5, 0.6) is 0 Å². The monoisotopic (exact) mass is 408 g/mol. The van der Waals surface area contributed by atoms with Crippen LogP contribution in [-0.2, 0) is 10.0 Å². The number of hydrogen-bond acceptors (Lipinski definition) is 3. The molecule has 1 amide bonds. The highest BCUT2D eigenvalue weighted by molar-refractivity contribution is 7.89. The average Bonchev–Trinajstić information content (AvgIpc) is 2.73. The SMILES string of the molecule is Cc1ccccc1C(NC(=O)c1cccc(S(=O)(=O)N(C)C)c1)c1ccccc1. The van der Waals surface area contributed by atoms with Crippen molar-refractivity contribution >= 4 is 15.9 Å². The molecule has 1 unspecified atom stereocenters. The number of benzene rings is 3. The van der Waals surface area contributed by atoms with Crippen LogP contribution >= 0.6 is 0 Å². The molecule has 1 N–H and O–H groups in total. The summed E-state index contributed by atoms with van der Waals surface area (Å²) in [6.07, 6.45) is 0. The Balaban J connectivity index is 1.97. The van der Waals surface area contributed by atoms with Crippen molar-refractivity contribution in [3.05, 3.63) is 101 Å². The highest BCUT2D eigenvalue weighted by Crippen LogP contribution is 2.25. The van der Waals surface area contributed by atoms with E-state index < -0.39 is 10.0 Å². The van der Waals surface area contributed by atoms with Gasteiger partial charge >= 0.3 is 0 Å². The lowest BCUT2D eigenvalue weighted by molar-refractivity contribution is 0.0942. The maximum atomic E-state index is 13.0. The van der Waals surface area contributed by atoms with Crippen molar-refractivity contribution in [2.24, 2.45) is 0 Å². The molecule has 150 valence electrons. The van der Waals surface area contributed by atoms with Gasteiger partial charge in [-0.05, 0) is 41.8 Å². The molecular formula is C23H24N2O3S. The molecule has 0 aliphatic rings. The molecule has 0 fully saturated rings. The van der Waals surface area contributed by atoms with Crippen LogP contribution in [0.4, 0.5) is 0 Å². The number of carbonyl (C=O) groups is 1. The van der Waals surface area contributed by atoms with Crippen molar-refractivity contribution < 1.29 is 13.2 Å². The van der Waals surface area contributed by atoms with E-state index in [1.807, 2.05) is 61.5 Å². The van der Waals surface area contributed by atoms with Gasteiger partial charge in [0.25, 0.3) is 5.91 Å². The fraction of sp³-hybridized carbons (Fsp3) is 0.174. The number of aryl methyl sites for hydroxylation is 1. The van der Waals surface area contributed by atoms with E-state index in [9.17, 15) is 13.2 Å². The Bertz CT molecular complexity index is 1110. The Labute approximate surface area is 172 Å². The van der Waals surface area contributed by atoms with Gasteiger partial charge < -0.3 is 5.32 Å². The molecule has 0 saturated heterocycles. The molecule has 0 saturated carbocycles. The first-order valence-electron chi connectivity index (χ1n) is 9.24. The van der Waals surface area contributed by atoms with Gasteiger partial charge in [0.15, 0.2) is 0 Å². The Morgan fingerprint density at radius 3 is 2.21 bits per heavy atom. The van der Waals surface area contributed by atoms with E-state index in [4.69, 9.17) is 0 Å². The van der Waals surface area contributed by atoms with E-state index in [-0.39, 0.29) is 16.8 Å². The van der Waals surface area contributed by atoms with Gasteiger partial charge in [-0.1, -0.05) is 60.7 Å². The van der Waals surface area contributed by atoms with Crippen LogP contribution in [0.1, 0.15) is 33.1 Å². The fourth-order valence-electron chi connectivity index (χ4n) is 3.12. The van der Waals surface area contributed by atoms with Crippen LogP contribution in [0, 0.1) is 6.92 Å². The Morgan fingerprint density at radius 2 is 1.55 bits per heavy atom. The molecule has 29 heavy (non-hydrogen) atoms. The normalized spacial score (nSPS) is 12.6. The summed E-state index contributed by atoms with van der Waals surface area (Å²) in [5.74, 6) is -0.335. The number of hydrogen-bond donors (Lipinski definition) is 1. The smallest absolute Gasteiger partial charge is 0.252 e. The predicted molar refractivity (Wildman–Crippen MR) is 114 cm³/mol. The summed E-state index contributed by atoms with van der Waals surface area (Å²) in [6.45, 7) is 2.00. The minimum Gasteiger partial charge on any atom is -0.341 e. The van der Waals surface area contributed by atoms with E-state index in [1.54, 1.807) is 12.1 Å². The number of nitrogens with one attached hydrogen (secondary N) is 1. The number of sulfonamides is 1. The number of rotatable bonds is 6. The van der Waals surface area contributed by atoms with Crippen molar-refractivity contribution in [3.8, 4) is 0 Å².